The molecule has 1 aliphatic heterocycles. The molecule has 1 N–H and O–H groups in total. The first-order valence-corrected chi connectivity index (χ1v) is 8.94. The minimum atomic E-state index is -1.56. The Morgan fingerprint density at radius 2 is 1.85 bits per heavy atom. The molecule has 2 rings (SSSR count). The van der Waals surface area contributed by atoms with Crippen molar-refractivity contribution in [2.24, 2.45) is 5.92 Å². The van der Waals surface area contributed by atoms with Crippen molar-refractivity contribution in [3.8, 4) is 0 Å². The van der Waals surface area contributed by atoms with E-state index in [1.165, 1.54) is 4.90 Å². The van der Waals surface area contributed by atoms with Gasteiger partial charge in [-0.15, -0.1) is 0 Å². The molecule has 1 aromatic rings. The molecule has 1 heterocycles. The van der Waals surface area contributed by atoms with Gasteiger partial charge in [-0.2, -0.15) is 0 Å². The largest absolute Gasteiger partial charge is 0.464 e. The van der Waals surface area contributed by atoms with Crippen molar-refractivity contribution < 1.29 is 28.7 Å². The lowest BCUT2D eigenvalue weighted by Crippen LogP contribution is -2.50. The van der Waals surface area contributed by atoms with E-state index in [2.05, 4.69) is 5.32 Å². The Morgan fingerprint density at radius 3 is 2.41 bits per heavy atom. The SMILES string of the molecule is CCOC(=O)C(NC(=O)[C@@H]1CC(=O)N(c2cccc(Cl)c2)C1)C(=O)OCC. The highest BCUT2D eigenvalue weighted by Gasteiger charge is 2.39. The van der Waals surface area contributed by atoms with E-state index in [0.29, 0.717) is 10.7 Å². The Kier molecular flexibility index (Phi) is 7.18. The molecule has 0 unspecified atom stereocenters. The summed E-state index contributed by atoms with van der Waals surface area (Å²) in [6, 6.07) is 5.16. The number of benzene rings is 1. The van der Waals surface area contributed by atoms with Crippen LogP contribution < -0.4 is 10.2 Å². The van der Waals surface area contributed by atoms with Crippen LogP contribution in [-0.4, -0.2) is 49.6 Å². The molecule has 1 aliphatic rings. The Balaban J connectivity index is 2.08. The molecule has 146 valence electrons. The summed E-state index contributed by atoms with van der Waals surface area (Å²) >= 11 is 5.95. The van der Waals surface area contributed by atoms with E-state index in [0.717, 1.165) is 0 Å². The number of rotatable bonds is 7. The lowest BCUT2D eigenvalue weighted by molar-refractivity contribution is -0.159. The van der Waals surface area contributed by atoms with Gasteiger partial charge in [0.2, 0.25) is 17.9 Å². The number of anilines is 1. The highest BCUT2D eigenvalue weighted by molar-refractivity contribution is 6.31. The van der Waals surface area contributed by atoms with E-state index in [9.17, 15) is 19.2 Å². The number of hydrogen-bond acceptors (Lipinski definition) is 6. The monoisotopic (exact) mass is 396 g/mol. The second kappa shape index (κ2) is 9.36. The summed E-state index contributed by atoms with van der Waals surface area (Å²) in [6.07, 6.45) is -0.0449. The zero-order valence-electron chi connectivity index (χ0n) is 15.1. The smallest absolute Gasteiger partial charge is 0.340 e. The summed E-state index contributed by atoms with van der Waals surface area (Å²) in [5, 5.41) is 2.81. The second-order valence-corrected chi connectivity index (χ2v) is 6.27. The molecule has 0 saturated carbocycles. The van der Waals surface area contributed by atoms with Gasteiger partial charge in [-0.3, -0.25) is 9.59 Å². The lowest BCUT2D eigenvalue weighted by atomic mass is 10.1. The third-order valence-electron chi connectivity index (χ3n) is 3.95. The van der Waals surface area contributed by atoms with Crippen molar-refractivity contribution in [1.82, 2.24) is 5.32 Å². The van der Waals surface area contributed by atoms with Gasteiger partial charge >= 0.3 is 11.9 Å². The summed E-state index contributed by atoms with van der Waals surface area (Å²) < 4.78 is 9.63. The van der Waals surface area contributed by atoms with E-state index in [1.807, 2.05) is 0 Å². The summed E-state index contributed by atoms with van der Waals surface area (Å²) in [5.74, 6) is -3.37. The Morgan fingerprint density at radius 1 is 1.22 bits per heavy atom. The van der Waals surface area contributed by atoms with E-state index in [1.54, 1.807) is 38.1 Å². The molecule has 27 heavy (non-hydrogen) atoms. The number of carbonyl (C=O) groups excluding carboxylic acids is 4. The third-order valence-corrected chi connectivity index (χ3v) is 4.18. The van der Waals surface area contributed by atoms with Crippen LogP contribution in [0.5, 0.6) is 0 Å². The minimum absolute atomic E-state index is 0.0449. The predicted molar refractivity (Wildman–Crippen MR) is 97.1 cm³/mol. The maximum atomic E-state index is 12.5. The second-order valence-electron chi connectivity index (χ2n) is 5.83. The van der Waals surface area contributed by atoms with Crippen molar-refractivity contribution in [2.45, 2.75) is 26.3 Å². The normalized spacial score (nSPS) is 16.4. The van der Waals surface area contributed by atoms with Crippen LogP contribution in [0.2, 0.25) is 5.02 Å². The molecule has 0 bridgehead atoms. The summed E-state index contributed by atoms with van der Waals surface area (Å²) in [6.45, 7) is 3.38. The Bertz CT molecular complexity index is 720. The number of nitrogens with one attached hydrogen (secondary N) is 1. The van der Waals surface area contributed by atoms with E-state index >= 15 is 0 Å². The van der Waals surface area contributed by atoms with Gasteiger partial charge in [0.15, 0.2) is 0 Å². The molecule has 2 amide bonds. The van der Waals surface area contributed by atoms with Gasteiger partial charge in [-0.1, -0.05) is 17.7 Å². The van der Waals surface area contributed by atoms with Crippen molar-refractivity contribution in [2.75, 3.05) is 24.7 Å². The fraction of sp³-hybridized carbons (Fsp3) is 0.444. The highest BCUT2D eigenvalue weighted by atomic mass is 35.5. The Labute approximate surface area is 161 Å². The van der Waals surface area contributed by atoms with E-state index in [4.69, 9.17) is 21.1 Å². The fourth-order valence-corrected chi connectivity index (χ4v) is 2.89. The summed E-state index contributed by atoms with van der Waals surface area (Å²) in [7, 11) is 0. The molecular weight excluding hydrogens is 376 g/mol. The molecule has 1 saturated heterocycles. The standard InChI is InChI=1S/C18H21ClN2O6/c1-3-26-17(24)15(18(25)27-4-2)20-16(23)11-8-14(22)21(10-11)13-7-5-6-12(19)9-13/h5-7,9,11,15H,3-4,8,10H2,1-2H3,(H,20,23)/t11-/m1/s1. The van der Waals surface area contributed by atoms with Gasteiger partial charge in [0.05, 0.1) is 19.1 Å². The first-order valence-electron chi connectivity index (χ1n) is 8.56. The quantitative estimate of drug-likeness (QED) is 0.550. The van der Waals surface area contributed by atoms with Crippen LogP contribution in [0.15, 0.2) is 24.3 Å². The van der Waals surface area contributed by atoms with Crippen molar-refractivity contribution >= 4 is 41.0 Å². The van der Waals surface area contributed by atoms with Crippen LogP contribution in [0.1, 0.15) is 20.3 Å². The topological polar surface area (TPSA) is 102 Å². The van der Waals surface area contributed by atoms with Crippen LogP contribution in [0.25, 0.3) is 0 Å². The molecule has 0 spiro atoms. The van der Waals surface area contributed by atoms with Crippen molar-refractivity contribution in [1.29, 1.82) is 0 Å². The van der Waals surface area contributed by atoms with Gasteiger partial charge in [0.25, 0.3) is 0 Å². The van der Waals surface area contributed by atoms with Gasteiger partial charge in [-0.05, 0) is 32.0 Å². The van der Waals surface area contributed by atoms with Crippen LogP contribution >= 0.6 is 11.6 Å². The number of amides is 2. The highest BCUT2D eigenvalue weighted by Crippen LogP contribution is 2.27. The van der Waals surface area contributed by atoms with Crippen molar-refractivity contribution in [3.63, 3.8) is 0 Å². The fourth-order valence-electron chi connectivity index (χ4n) is 2.70. The first-order chi connectivity index (χ1) is 12.9. The number of hydrogen-bond donors (Lipinski definition) is 1. The van der Waals surface area contributed by atoms with Crippen LogP contribution in [0.3, 0.4) is 0 Å². The third kappa shape index (κ3) is 5.19. The molecule has 0 radical (unpaired) electrons. The number of nitrogens with zero attached hydrogens (tertiary/aromatic N) is 1. The summed E-state index contributed by atoms with van der Waals surface area (Å²) in [4.78, 5) is 50.2. The number of ether oxygens (including phenoxy) is 2. The van der Waals surface area contributed by atoms with Gasteiger partial charge in [0.1, 0.15) is 0 Å². The average molecular weight is 397 g/mol. The van der Waals surface area contributed by atoms with Crippen LogP contribution in [0, 0.1) is 5.92 Å². The summed E-state index contributed by atoms with van der Waals surface area (Å²) in [5.41, 5.74) is 0.579. The number of carbonyl (C=O) groups is 4. The van der Waals surface area contributed by atoms with Gasteiger partial charge in [-0.25, -0.2) is 9.59 Å². The van der Waals surface area contributed by atoms with E-state index in [-0.39, 0.29) is 32.1 Å². The molecule has 1 atom stereocenters. The maximum absolute atomic E-state index is 12.5. The Hall–Kier alpha value is -2.61. The first kappa shape index (κ1) is 20.7. The number of esters is 2. The average Bonchev–Trinajstić information content (AvgIpc) is 3.01. The molecular formula is C18H21ClN2O6. The zero-order chi connectivity index (χ0) is 20.0. The molecule has 9 heteroatoms. The molecule has 0 aromatic heterocycles. The zero-order valence-corrected chi connectivity index (χ0v) is 15.8. The maximum Gasteiger partial charge on any atom is 0.340 e. The van der Waals surface area contributed by atoms with Gasteiger partial charge in [0, 0.05) is 23.7 Å². The van der Waals surface area contributed by atoms with E-state index < -0.39 is 29.8 Å². The predicted octanol–water partition coefficient (Wildman–Crippen LogP) is 1.30. The molecule has 1 fully saturated rings. The molecule has 8 nitrogen and oxygen atoms in total. The molecule has 0 aliphatic carbocycles. The lowest BCUT2D eigenvalue weighted by Gasteiger charge is -2.19. The van der Waals surface area contributed by atoms with Crippen LogP contribution in [0.4, 0.5) is 5.69 Å². The van der Waals surface area contributed by atoms with Gasteiger partial charge < -0.3 is 19.7 Å². The molecule has 1 aromatic carbocycles. The van der Waals surface area contributed by atoms with Crippen molar-refractivity contribution in [3.05, 3.63) is 29.3 Å². The van der Waals surface area contributed by atoms with Crippen LogP contribution in [-0.2, 0) is 28.7 Å². The minimum Gasteiger partial charge on any atom is -0.464 e. The number of halogens is 1.